The Morgan fingerprint density at radius 2 is 1.61 bits per heavy atom. The summed E-state index contributed by atoms with van der Waals surface area (Å²) in [4.78, 5) is 1.65. The van der Waals surface area contributed by atoms with E-state index >= 15 is 0 Å². The molecule has 4 nitrogen and oxygen atoms in total. The van der Waals surface area contributed by atoms with Crippen molar-refractivity contribution in [1.29, 1.82) is 0 Å². The molecule has 2 aromatic rings. The minimum Gasteiger partial charge on any atom is -0.386 e. The Kier molecular flexibility index (Phi) is 5.08. The predicted octanol–water partition coefficient (Wildman–Crippen LogP) is 5.70. The van der Waals surface area contributed by atoms with Gasteiger partial charge in [0.2, 0.25) is 0 Å². The summed E-state index contributed by atoms with van der Waals surface area (Å²) in [5.74, 6) is 0.300. The third-order valence-corrected chi connectivity index (χ3v) is 6.54. The lowest BCUT2D eigenvalue weighted by molar-refractivity contribution is -0.0322. The quantitative estimate of drug-likeness (QED) is 0.742. The van der Waals surface area contributed by atoms with Crippen LogP contribution in [0.1, 0.15) is 61.8 Å². The van der Waals surface area contributed by atoms with E-state index in [9.17, 15) is 5.11 Å². The second-order valence-corrected chi connectivity index (χ2v) is 10.3. The van der Waals surface area contributed by atoms with E-state index in [4.69, 9.17) is 0 Å². The molecule has 0 saturated heterocycles. The molecule has 3 atom stereocenters. The highest BCUT2D eigenvalue weighted by molar-refractivity contribution is 5.74. The Morgan fingerprint density at radius 3 is 2.04 bits per heavy atom. The summed E-state index contributed by atoms with van der Waals surface area (Å²) >= 11 is 0. The smallest absolute Gasteiger partial charge is 0.113 e. The molecule has 0 radical (unpaired) electrons. The Bertz CT molecular complexity index is 890. The topological polar surface area (TPSA) is 50.9 Å². The van der Waals surface area contributed by atoms with Crippen molar-refractivity contribution in [3.63, 3.8) is 0 Å². The van der Waals surface area contributed by atoms with Crippen LogP contribution < -0.4 is 0 Å². The molecular weight excluding hydrogens is 346 g/mol. The third kappa shape index (κ3) is 3.22. The van der Waals surface area contributed by atoms with Crippen LogP contribution in [0.25, 0.3) is 16.7 Å². The number of aliphatic hydroxyl groups excluding tert-OH is 1. The van der Waals surface area contributed by atoms with Crippen LogP contribution in [0.3, 0.4) is 0 Å². The Balaban J connectivity index is 2.28. The summed E-state index contributed by atoms with van der Waals surface area (Å²) in [6.07, 6.45) is 4.74. The molecule has 0 spiro atoms. The van der Waals surface area contributed by atoms with E-state index in [1.807, 2.05) is 24.3 Å². The molecule has 0 bridgehead atoms. The summed E-state index contributed by atoms with van der Waals surface area (Å²) in [5.41, 5.74) is 3.09. The number of rotatable bonds is 3. The van der Waals surface area contributed by atoms with Crippen molar-refractivity contribution in [2.45, 2.75) is 67.9 Å². The number of nitrogens with zero attached hydrogens (tertiary/aromatic N) is 3. The Hall–Kier alpha value is -1.94. The maximum atomic E-state index is 11.8. The van der Waals surface area contributed by atoms with Gasteiger partial charge in [-0.25, -0.2) is 0 Å². The minimum absolute atomic E-state index is 0.0398. The standard InChI is InChI=1S/C24H35N3O/c1-9-16(2)24(23(6,7)8)15-17(22(3,4)5)14-20(21(24)28)27-25-18-12-10-11-13-19(18)26-27/h10-16,21,28H,9H2,1-8H3. The molecule has 28 heavy (non-hydrogen) atoms. The SMILES string of the molecule is CCC(C)C1(C(C)(C)C)C=C(C(C)(C)C)C=C(n2nc3ccccc3n2)C1O. The van der Waals surface area contributed by atoms with Crippen LogP contribution in [0.2, 0.25) is 0 Å². The Labute approximate surface area is 169 Å². The van der Waals surface area contributed by atoms with Crippen LogP contribution in [-0.2, 0) is 0 Å². The minimum atomic E-state index is -0.685. The van der Waals surface area contributed by atoms with Gasteiger partial charge in [-0.2, -0.15) is 4.80 Å². The van der Waals surface area contributed by atoms with Gasteiger partial charge in [-0.3, -0.25) is 0 Å². The van der Waals surface area contributed by atoms with Crippen molar-refractivity contribution in [2.75, 3.05) is 0 Å². The second-order valence-electron chi connectivity index (χ2n) is 10.3. The van der Waals surface area contributed by atoms with Crippen molar-refractivity contribution in [1.82, 2.24) is 15.0 Å². The van der Waals surface area contributed by atoms with E-state index in [-0.39, 0.29) is 10.8 Å². The third-order valence-electron chi connectivity index (χ3n) is 6.54. The van der Waals surface area contributed by atoms with Gasteiger partial charge in [0.15, 0.2) is 0 Å². The fourth-order valence-electron chi connectivity index (χ4n) is 4.55. The number of aliphatic hydroxyl groups is 1. The van der Waals surface area contributed by atoms with Gasteiger partial charge in [-0.1, -0.05) is 80.0 Å². The zero-order chi connectivity index (χ0) is 20.9. The number of benzene rings is 1. The van der Waals surface area contributed by atoms with Gasteiger partial charge in [0.1, 0.15) is 17.1 Å². The number of hydrogen-bond acceptors (Lipinski definition) is 3. The van der Waals surface area contributed by atoms with E-state index in [0.717, 1.165) is 23.2 Å². The first-order chi connectivity index (χ1) is 12.9. The van der Waals surface area contributed by atoms with Crippen molar-refractivity contribution in [2.24, 2.45) is 22.2 Å². The van der Waals surface area contributed by atoms with Gasteiger partial charge in [0.05, 0.1) is 5.70 Å². The van der Waals surface area contributed by atoms with Crippen LogP contribution in [-0.4, -0.2) is 26.2 Å². The molecule has 1 aromatic heterocycles. The van der Waals surface area contributed by atoms with Crippen LogP contribution in [0.5, 0.6) is 0 Å². The molecule has 3 unspecified atom stereocenters. The average molecular weight is 382 g/mol. The van der Waals surface area contributed by atoms with Crippen LogP contribution >= 0.6 is 0 Å². The summed E-state index contributed by atoms with van der Waals surface area (Å²) in [5, 5.41) is 21.1. The highest BCUT2D eigenvalue weighted by Crippen LogP contribution is 2.56. The predicted molar refractivity (Wildman–Crippen MR) is 117 cm³/mol. The molecule has 4 heteroatoms. The molecule has 1 aromatic carbocycles. The maximum Gasteiger partial charge on any atom is 0.113 e. The average Bonchev–Trinajstić information content (AvgIpc) is 3.03. The first-order valence-electron chi connectivity index (χ1n) is 10.4. The van der Waals surface area contributed by atoms with Crippen molar-refractivity contribution < 1.29 is 5.11 Å². The summed E-state index contributed by atoms with van der Waals surface area (Å²) in [7, 11) is 0. The van der Waals surface area contributed by atoms with Gasteiger partial charge in [0.25, 0.3) is 0 Å². The van der Waals surface area contributed by atoms with Crippen molar-refractivity contribution in [3.05, 3.63) is 42.0 Å². The van der Waals surface area contributed by atoms with E-state index in [1.165, 1.54) is 5.57 Å². The van der Waals surface area contributed by atoms with Gasteiger partial charge >= 0.3 is 0 Å². The molecule has 1 aliphatic rings. The van der Waals surface area contributed by atoms with Crippen molar-refractivity contribution >= 4 is 16.7 Å². The summed E-state index contributed by atoms with van der Waals surface area (Å²) < 4.78 is 0. The van der Waals surface area contributed by atoms with Crippen LogP contribution in [0, 0.1) is 22.2 Å². The molecule has 0 amide bonds. The summed E-state index contributed by atoms with van der Waals surface area (Å²) in [6.45, 7) is 17.8. The van der Waals surface area contributed by atoms with E-state index in [0.29, 0.717) is 5.92 Å². The molecule has 0 aliphatic heterocycles. The normalized spacial score (nSPS) is 24.8. The van der Waals surface area contributed by atoms with E-state index in [1.54, 1.807) is 4.80 Å². The lowest BCUT2D eigenvalue weighted by Crippen LogP contribution is -2.52. The molecule has 1 N–H and O–H groups in total. The molecule has 3 rings (SSSR count). The maximum absolute atomic E-state index is 11.8. The van der Waals surface area contributed by atoms with Gasteiger partial charge < -0.3 is 5.11 Å². The second kappa shape index (κ2) is 6.84. The molecule has 152 valence electrons. The number of hydrogen-bond donors (Lipinski definition) is 1. The molecule has 0 fully saturated rings. The first kappa shape index (κ1) is 20.8. The monoisotopic (exact) mass is 381 g/mol. The fourth-order valence-corrected chi connectivity index (χ4v) is 4.55. The molecule has 0 saturated carbocycles. The lowest BCUT2D eigenvalue weighted by atomic mass is 9.53. The first-order valence-corrected chi connectivity index (χ1v) is 10.4. The zero-order valence-corrected chi connectivity index (χ0v) is 18.6. The Morgan fingerprint density at radius 1 is 1.07 bits per heavy atom. The highest BCUT2D eigenvalue weighted by atomic mass is 16.3. The molecular formula is C24H35N3O. The number of aromatic nitrogens is 3. The number of allylic oxidation sites excluding steroid dienone is 2. The number of fused-ring (bicyclic) bond motifs is 1. The van der Waals surface area contributed by atoms with Gasteiger partial charge in [-0.15, -0.1) is 10.2 Å². The van der Waals surface area contributed by atoms with Gasteiger partial charge in [0, 0.05) is 5.41 Å². The largest absolute Gasteiger partial charge is 0.386 e. The molecule has 1 aliphatic carbocycles. The van der Waals surface area contributed by atoms with Crippen LogP contribution in [0.4, 0.5) is 0 Å². The van der Waals surface area contributed by atoms with Crippen molar-refractivity contribution in [3.8, 4) is 0 Å². The lowest BCUT2D eigenvalue weighted by Gasteiger charge is -2.53. The van der Waals surface area contributed by atoms with E-state index < -0.39 is 11.5 Å². The molecule has 1 heterocycles. The highest BCUT2D eigenvalue weighted by Gasteiger charge is 2.53. The van der Waals surface area contributed by atoms with Crippen LogP contribution in [0.15, 0.2) is 42.0 Å². The summed E-state index contributed by atoms with van der Waals surface area (Å²) in [6, 6.07) is 7.85. The fraction of sp³-hybridized carbons (Fsp3) is 0.583. The zero-order valence-electron chi connectivity index (χ0n) is 18.6. The van der Waals surface area contributed by atoms with Gasteiger partial charge in [-0.05, 0) is 40.5 Å². The van der Waals surface area contributed by atoms with E-state index in [2.05, 4.69) is 77.7 Å².